The highest BCUT2D eigenvalue weighted by atomic mass is 32.2. The molecule has 31 heavy (non-hydrogen) atoms. The Labute approximate surface area is 190 Å². The van der Waals surface area contributed by atoms with Crippen molar-refractivity contribution in [2.24, 2.45) is 0 Å². The standard InChI is InChI=1S/C25H37NO4S/c27-23(12-7-2-1-4-9-21-10-5-3-6-11-21)16-14-22-15-17-24(28)26(22)18-20-31-19-8-13-25(29)30/h3,5-6,10-11,14,16,22-23,27H,1-2,4,7-9,12-13,15,17-20H2,(H,29,30)/b16-14+/t22-,23+/m0/s1. The fraction of sp³-hybridized carbons (Fsp3) is 0.600. The van der Waals surface area contributed by atoms with Crippen LogP contribution in [0.4, 0.5) is 0 Å². The predicted octanol–water partition coefficient (Wildman–Crippen LogP) is 4.69. The molecule has 1 aliphatic heterocycles. The minimum atomic E-state index is -0.758. The molecule has 2 N–H and O–H groups in total. The van der Waals surface area contributed by atoms with Crippen molar-refractivity contribution in [3.63, 3.8) is 0 Å². The summed E-state index contributed by atoms with van der Waals surface area (Å²) >= 11 is 1.70. The first-order valence-corrected chi connectivity index (χ1v) is 12.7. The first-order valence-electron chi connectivity index (χ1n) is 11.6. The molecular formula is C25H37NO4S. The number of likely N-dealkylation sites (tertiary alicyclic amines) is 1. The molecule has 1 aromatic rings. The first-order chi connectivity index (χ1) is 15.1. The third-order valence-electron chi connectivity index (χ3n) is 5.64. The van der Waals surface area contributed by atoms with E-state index in [0.29, 0.717) is 19.4 Å². The third-order valence-corrected chi connectivity index (χ3v) is 6.69. The molecule has 1 aliphatic rings. The second-order valence-corrected chi connectivity index (χ2v) is 9.42. The van der Waals surface area contributed by atoms with Crippen LogP contribution in [-0.2, 0) is 16.0 Å². The van der Waals surface area contributed by atoms with Crippen molar-refractivity contribution in [2.45, 2.75) is 76.4 Å². The zero-order chi connectivity index (χ0) is 22.3. The molecule has 0 aromatic heterocycles. The highest BCUT2D eigenvalue weighted by molar-refractivity contribution is 7.99. The minimum Gasteiger partial charge on any atom is -0.481 e. The summed E-state index contributed by atoms with van der Waals surface area (Å²) in [5, 5.41) is 18.9. The number of nitrogens with zero attached hydrogens (tertiary/aromatic N) is 1. The number of aryl methyl sites for hydroxylation is 1. The number of benzene rings is 1. The summed E-state index contributed by atoms with van der Waals surface area (Å²) in [6.45, 7) is 0.684. The van der Waals surface area contributed by atoms with Crippen LogP contribution in [0.1, 0.15) is 63.4 Å². The Hall–Kier alpha value is -1.79. The number of carboxylic acid groups (broad SMARTS) is 1. The maximum Gasteiger partial charge on any atom is 0.303 e. The van der Waals surface area contributed by atoms with Crippen molar-refractivity contribution in [1.82, 2.24) is 4.90 Å². The SMILES string of the molecule is O=C(O)CCCSCCN1C(=O)CC[C@@H]1/C=C/[C@H](O)CCCCCCc1ccccc1. The summed E-state index contributed by atoms with van der Waals surface area (Å²) in [7, 11) is 0. The molecule has 1 saturated heterocycles. The monoisotopic (exact) mass is 447 g/mol. The number of carbonyl (C=O) groups excluding carboxylic acids is 1. The highest BCUT2D eigenvalue weighted by Gasteiger charge is 2.28. The molecule has 1 fully saturated rings. The lowest BCUT2D eigenvalue weighted by Crippen LogP contribution is -2.34. The number of hydrogen-bond donors (Lipinski definition) is 2. The smallest absolute Gasteiger partial charge is 0.303 e. The number of amides is 1. The van der Waals surface area contributed by atoms with Gasteiger partial charge in [0, 0.05) is 25.1 Å². The van der Waals surface area contributed by atoms with Gasteiger partial charge >= 0.3 is 5.97 Å². The first kappa shape index (κ1) is 25.5. The Balaban J connectivity index is 1.57. The number of unbranched alkanes of at least 4 members (excludes halogenated alkanes) is 3. The second-order valence-electron chi connectivity index (χ2n) is 8.19. The molecule has 0 unspecified atom stereocenters. The average molecular weight is 448 g/mol. The Morgan fingerprint density at radius 3 is 2.68 bits per heavy atom. The minimum absolute atomic E-state index is 0.0765. The van der Waals surface area contributed by atoms with E-state index in [4.69, 9.17) is 5.11 Å². The van der Waals surface area contributed by atoms with Crippen LogP contribution in [0.25, 0.3) is 0 Å². The molecule has 2 atom stereocenters. The van der Waals surface area contributed by atoms with E-state index < -0.39 is 12.1 Å². The molecule has 1 aromatic carbocycles. The Bertz CT molecular complexity index is 679. The van der Waals surface area contributed by atoms with E-state index in [-0.39, 0.29) is 18.4 Å². The van der Waals surface area contributed by atoms with Crippen LogP contribution in [0.5, 0.6) is 0 Å². The largest absolute Gasteiger partial charge is 0.481 e. The number of carbonyl (C=O) groups is 2. The molecular weight excluding hydrogens is 410 g/mol. The van der Waals surface area contributed by atoms with Gasteiger partial charge in [0.15, 0.2) is 0 Å². The van der Waals surface area contributed by atoms with Gasteiger partial charge in [0.05, 0.1) is 12.1 Å². The van der Waals surface area contributed by atoms with Gasteiger partial charge in [0.2, 0.25) is 5.91 Å². The maximum atomic E-state index is 12.2. The summed E-state index contributed by atoms with van der Waals surface area (Å²) in [6.07, 6.45) is 12.0. The van der Waals surface area contributed by atoms with Crippen molar-refractivity contribution < 1.29 is 19.8 Å². The summed E-state index contributed by atoms with van der Waals surface area (Å²) in [6, 6.07) is 10.6. The van der Waals surface area contributed by atoms with Crippen LogP contribution in [-0.4, -0.2) is 57.2 Å². The lowest BCUT2D eigenvalue weighted by atomic mass is 10.0. The summed E-state index contributed by atoms with van der Waals surface area (Å²) in [4.78, 5) is 24.6. The van der Waals surface area contributed by atoms with Gasteiger partial charge < -0.3 is 15.1 Å². The van der Waals surface area contributed by atoms with Crippen molar-refractivity contribution in [1.29, 1.82) is 0 Å². The molecule has 0 saturated carbocycles. The van der Waals surface area contributed by atoms with Crippen molar-refractivity contribution in [2.75, 3.05) is 18.1 Å². The van der Waals surface area contributed by atoms with Gasteiger partial charge in [-0.05, 0) is 43.4 Å². The van der Waals surface area contributed by atoms with Gasteiger partial charge in [0.1, 0.15) is 0 Å². The normalized spacial score (nSPS) is 17.5. The lowest BCUT2D eigenvalue weighted by Gasteiger charge is -2.22. The zero-order valence-corrected chi connectivity index (χ0v) is 19.3. The van der Waals surface area contributed by atoms with Crippen LogP contribution in [0.2, 0.25) is 0 Å². The van der Waals surface area contributed by atoms with Gasteiger partial charge in [-0.3, -0.25) is 9.59 Å². The van der Waals surface area contributed by atoms with Gasteiger partial charge in [0.25, 0.3) is 0 Å². The molecule has 1 amide bonds. The number of rotatable bonds is 16. The molecule has 1 heterocycles. The molecule has 0 spiro atoms. The van der Waals surface area contributed by atoms with E-state index in [1.807, 2.05) is 23.1 Å². The molecule has 0 aliphatic carbocycles. The molecule has 0 bridgehead atoms. The van der Waals surface area contributed by atoms with Crippen LogP contribution in [0, 0.1) is 0 Å². The van der Waals surface area contributed by atoms with E-state index in [1.165, 1.54) is 18.4 Å². The van der Waals surface area contributed by atoms with E-state index in [1.54, 1.807) is 11.8 Å². The Morgan fingerprint density at radius 1 is 1.13 bits per heavy atom. The Morgan fingerprint density at radius 2 is 1.90 bits per heavy atom. The summed E-state index contributed by atoms with van der Waals surface area (Å²) in [5.41, 5.74) is 1.39. The number of carboxylic acids is 1. The van der Waals surface area contributed by atoms with Crippen molar-refractivity contribution in [3.05, 3.63) is 48.0 Å². The van der Waals surface area contributed by atoms with E-state index in [9.17, 15) is 14.7 Å². The van der Waals surface area contributed by atoms with Crippen LogP contribution in [0.3, 0.4) is 0 Å². The number of hydrogen-bond acceptors (Lipinski definition) is 4. The predicted molar refractivity (Wildman–Crippen MR) is 127 cm³/mol. The number of aliphatic hydroxyl groups excluding tert-OH is 1. The van der Waals surface area contributed by atoms with Gasteiger partial charge in [-0.2, -0.15) is 11.8 Å². The van der Waals surface area contributed by atoms with Gasteiger partial charge in [-0.15, -0.1) is 0 Å². The maximum absolute atomic E-state index is 12.2. The average Bonchev–Trinajstić information content (AvgIpc) is 3.11. The topological polar surface area (TPSA) is 77.8 Å². The van der Waals surface area contributed by atoms with E-state index in [0.717, 1.165) is 43.6 Å². The molecule has 0 radical (unpaired) electrons. The molecule has 172 valence electrons. The fourth-order valence-corrected chi connectivity index (χ4v) is 4.75. The van der Waals surface area contributed by atoms with Crippen LogP contribution < -0.4 is 0 Å². The summed E-state index contributed by atoms with van der Waals surface area (Å²) in [5.74, 6) is 1.04. The van der Waals surface area contributed by atoms with Crippen LogP contribution >= 0.6 is 11.8 Å². The second kappa shape index (κ2) is 15.1. The highest BCUT2D eigenvalue weighted by Crippen LogP contribution is 2.21. The number of thioether (sulfide) groups is 1. The zero-order valence-electron chi connectivity index (χ0n) is 18.5. The summed E-state index contributed by atoms with van der Waals surface area (Å²) < 4.78 is 0. The number of aliphatic hydroxyl groups is 1. The number of aliphatic carboxylic acids is 1. The van der Waals surface area contributed by atoms with E-state index >= 15 is 0 Å². The quantitative estimate of drug-likeness (QED) is 0.284. The Kier molecular flexibility index (Phi) is 12.4. The molecule has 6 heteroatoms. The van der Waals surface area contributed by atoms with Gasteiger partial charge in [-0.1, -0.05) is 61.7 Å². The van der Waals surface area contributed by atoms with Crippen molar-refractivity contribution in [3.8, 4) is 0 Å². The van der Waals surface area contributed by atoms with Crippen LogP contribution in [0.15, 0.2) is 42.5 Å². The fourth-order valence-electron chi connectivity index (χ4n) is 3.87. The van der Waals surface area contributed by atoms with Gasteiger partial charge in [-0.25, -0.2) is 0 Å². The lowest BCUT2D eigenvalue weighted by molar-refractivity contribution is -0.137. The van der Waals surface area contributed by atoms with E-state index in [2.05, 4.69) is 24.3 Å². The molecule has 5 nitrogen and oxygen atoms in total. The van der Waals surface area contributed by atoms with Crippen molar-refractivity contribution >= 4 is 23.6 Å². The molecule has 2 rings (SSSR count). The third kappa shape index (κ3) is 10.9.